The van der Waals surface area contributed by atoms with Crippen molar-refractivity contribution in [1.82, 2.24) is 0 Å². The van der Waals surface area contributed by atoms with E-state index in [4.69, 9.17) is 0 Å². The first-order valence-corrected chi connectivity index (χ1v) is 12.0. The van der Waals surface area contributed by atoms with E-state index in [9.17, 15) is 65.9 Å². The molecule has 0 saturated carbocycles. The van der Waals surface area contributed by atoms with Crippen LogP contribution in [0.2, 0.25) is 0 Å². The molecule has 0 aliphatic rings. The molecule has 4 aromatic rings. The lowest BCUT2D eigenvalue weighted by Gasteiger charge is -2.20. The third-order valence-corrected chi connectivity index (χ3v) is 6.53. The molecular weight excluding hydrogens is 602 g/mol. The van der Waals surface area contributed by atoms with E-state index in [0.29, 0.717) is 24.3 Å². The molecule has 0 fully saturated rings. The van der Waals surface area contributed by atoms with Crippen LogP contribution in [0.15, 0.2) is 72.8 Å². The van der Waals surface area contributed by atoms with Crippen LogP contribution in [-0.2, 0) is 12.4 Å². The van der Waals surface area contributed by atoms with Crippen molar-refractivity contribution in [2.45, 2.75) is 12.4 Å². The van der Waals surface area contributed by atoms with Gasteiger partial charge in [-0.25, -0.2) is 19.2 Å². The minimum absolute atomic E-state index is 0.316. The first-order chi connectivity index (χ1) is 20.4. The molecule has 0 bridgehead atoms. The maximum absolute atomic E-state index is 13.6. The Hall–Kier alpha value is -5.66. The number of hydrogen-bond acceptors (Lipinski definition) is 4. The zero-order valence-electron chi connectivity index (χ0n) is 21.6. The standard InChI is InChI=1S/C30H16F6O8/c31-29(32,33)15-5-1-3-13(7-15)17-9-21(25(37)38)23(27(41)42)11-19(17)20-12-24(28(43)44)22(26(39)40)10-18(20)14-4-2-6-16(8-14)30(34,35)36/h1-12H,(H,37,38)(H,39,40)(H,41,42)(H,43,44). The molecule has 0 radical (unpaired) electrons. The van der Waals surface area contributed by atoms with Crippen molar-refractivity contribution < 1.29 is 65.9 Å². The minimum atomic E-state index is -4.88. The Balaban J connectivity index is 2.23. The molecule has 0 unspecified atom stereocenters. The number of halogens is 6. The molecule has 0 aromatic heterocycles. The Labute approximate surface area is 242 Å². The molecule has 8 nitrogen and oxygen atoms in total. The van der Waals surface area contributed by atoms with E-state index in [1.54, 1.807) is 0 Å². The van der Waals surface area contributed by atoms with Gasteiger partial charge < -0.3 is 20.4 Å². The highest BCUT2D eigenvalue weighted by molar-refractivity contribution is 6.09. The van der Waals surface area contributed by atoms with E-state index in [1.807, 2.05) is 0 Å². The Kier molecular flexibility index (Phi) is 7.97. The summed E-state index contributed by atoms with van der Waals surface area (Å²) in [5.74, 6) is -7.18. The van der Waals surface area contributed by atoms with Crippen molar-refractivity contribution >= 4 is 23.9 Å². The molecule has 4 rings (SSSR count). The molecule has 0 spiro atoms. The fraction of sp³-hybridized carbons (Fsp3) is 0.0667. The quantitative estimate of drug-likeness (QED) is 0.155. The van der Waals surface area contributed by atoms with E-state index >= 15 is 0 Å². The van der Waals surface area contributed by atoms with Gasteiger partial charge in [-0.1, -0.05) is 24.3 Å². The molecule has 14 heteroatoms. The number of rotatable bonds is 7. The normalized spacial score (nSPS) is 11.7. The van der Waals surface area contributed by atoms with Crippen molar-refractivity contribution in [2.75, 3.05) is 0 Å². The van der Waals surface area contributed by atoms with Crippen molar-refractivity contribution in [1.29, 1.82) is 0 Å². The highest BCUT2D eigenvalue weighted by atomic mass is 19.4. The Morgan fingerprint density at radius 1 is 0.432 bits per heavy atom. The number of carboxylic acid groups (broad SMARTS) is 4. The number of carboxylic acids is 4. The number of benzene rings is 4. The summed E-state index contributed by atoms with van der Waals surface area (Å²) in [4.78, 5) is 48.1. The fourth-order valence-electron chi connectivity index (χ4n) is 4.56. The second kappa shape index (κ2) is 11.2. The van der Waals surface area contributed by atoms with Gasteiger partial charge in [-0.3, -0.25) is 0 Å². The molecule has 0 heterocycles. The molecule has 0 aliphatic carbocycles. The van der Waals surface area contributed by atoms with Gasteiger partial charge in [0, 0.05) is 0 Å². The van der Waals surface area contributed by atoms with Crippen LogP contribution in [0.25, 0.3) is 33.4 Å². The smallest absolute Gasteiger partial charge is 0.416 e. The topological polar surface area (TPSA) is 149 Å². The molecule has 4 aromatic carbocycles. The van der Waals surface area contributed by atoms with Gasteiger partial charge in [0.25, 0.3) is 0 Å². The predicted octanol–water partition coefficient (Wildman–Crippen LogP) is 7.52. The molecule has 44 heavy (non-hydrogen) atoms. The van der Waals surface area contributed by atoms with E-state index < -0.39 is 80.7 Å². The highest BCUT2D eigenvalue weighted by Gasteiger charge is 2.33. The van der Waals surface area contributed by atoms with Gasteiger partial charge in [0.1, 0.15) is 0 Å². The van der Waals surface area contributed by atoms with Crippen LogP contribution < -0.4 is 0 Å². The SMILES string of the molecule is O=C(O)c1cc(-c2cccc(C(F)(F)F)c2)c(-c2cc(C(=O)O)c(C(=O)O)cc2-c2cccc(C(F)(F)F)c2)cc1C(=O)O. The summed E-state index contributed by atoms with van der Waals surface area (Å²) in [7, 11) is 0. The average molecular weight is 618 g/mol. The second-order valence-corrected chi connectivity index (χ2v) is 9.26. The monoisotopic (exact) mass is 618 g/mol. The predicted molar refractivity (Wildman–Crippen MR) is 141 cm³/mol. The number of alkyl halides is 6. The number of hydrogen-bond donors (Lipinski definition) is 4. The summed E-state index contributed by atoms with van der Waals surface area (Å²) >= 11 is 0. The number of aromatic carboxylic acids is 4. The maximum Gasteiger partial charge on any atom is 0.416 e. The van der Waals surface area contributed by atoms with Gasteiger partial charge in [0.05, 0.1) is 33.4 Å². The van der Waals surface area contributed by atoms with Gasteiger partial charge in [0.2, 0.25) is 0 Å². The zero-order chi connectivity index (χ0) is 32.7. The summed E-state index contributed by atoms with van der Waals surface area (Å²) < 4.78 is 81.5. The van der Waals surface area contributed by atoms with E-state index in [0.717, 1.165) is 48.5 Å². The average Bonchev–Trinajstić information content (AvgIpc) is 2.94. The lowest BCUT2D eigenvalue weighted by atomic mass is 9.84. The molecule has 4 N–H and O–H groups in total. The van der Waals surface area contributed by atoms with Crippen molar-refractivity contribution in [3.05, 3.63) is 106 Å². The van der Waals surface area contributed by atoms with Gasteiger partial charge >= 0.3 is 36.2 Å². The molecule has 0 aliphatic heterocycles. The third-order valence-electron chi connectivity index (χ3n) is 6.53. The van der Waals surface area contributed by atoms with Crippen LogP contribution in [0, 0.1) is 0 Å². The first-order valence-electron chi connectivity index (χ1n) is 12.0. The number of carbonyl (C=O) groups is 4. The highest BCUT2D eigenvalue weighted by Crippen LogP contribution is 2.43. The fourth-order valence-corrected chi connectivity index (χ4v) is 4.56. The summed E-state index contributed by atoms with van der Waals surface area (Å²) in [5.41, 5.74) is -8.07. The van der Waals surface area contributed by atoms with Crippen LogP contribution in [0.3, 0.4) is 0 Å². The van der Waals surface area contributed by atoms with Gasteiger partial charge in [-0.05, 0) is 81.9 Å². The van der Waals surface area contributed by atoms with Crippen LogP contribution in [0.5, 0.6) is 0 Å². The third kappa shape index (κ3) is 6.09. The minimum Gasteiger partial charge on any atom is -0.478 e. The van der Waals surface area contributed by atoms with Crippen LogP contribution in [0.4, 0.5) is 26.3 Å². The van der Waals surface area contributed by atoms with Gasteiger partial charge in [0.15, 0.2) is 0 Å². The van der Waals surface area contributed by atoms with Crippen molar-refractivity contribution in [3.8, 4) is 33.4 Å². The van der Waals surface area contributed by atoms with E-state index in [1.165, 1.54) is 0 Å². The zero-order valence-corrected chi connectivity index (χ0v) is 21.6. The molecular formula is C30H16F6O8. The molecule has 0 atom stereocenters. The van der Waals surface area contributed by atoms with Gasteiger partial charge in [-0.2, -0.15) is 26.3 Å². The van der Waals surface area contributed by atoms with Crippen molar-refractivity contribution in [3.63, 3.8) is 0 Å². The Morgan fingerprint density at radius 2 is 0.705 bits per heavy atom. The molecule has 0 amide bonds. The molecule has 0 saturated heterocycles. The lowest BCUT2D eigenvalue weighted by Crippen LogP contribution is -2.11. The Bertz CT molecular complexity index is 1720. The van der Waals surface area contributed by atoms with Crippen LogP contribution in [-0.4, -0.2) is 44.3 Å². The summed E-state index contributed by atoms with van der Waals surface area (Å²) in [6.45, 7) is 0. The van der Waals surface area contributed by atoms with Gasteiger partial charge in [-0.15, -0.1) is 0 Å². The van der Waals surface area contributed by atoms with Crippen molar-refractivity contribution in [2.24, 2.45) is 0 Å². The largest absolute Gasteiger partial charge is 0.478 e. The first kappa shape index (κ1) is 31.3. The summed E-state index contributed by atoms with van der Waals surface area (Å²) in [6, 6.07) is 9.71. The lowest BCUT2D eigenvalue weighted by molar-refractivity contribution is -0.138. The Morgan fingerprint density at radius 3 is 0.955 bits per heavy atom. The summed E-state index contributed by atoms with van der Waals surface area (Å²) in [5, 5.41) is 38.9. The van der Waals surface area contributed by atoms with Crippen LogP contribution in [0.1, 0.15) is 52.6 Å². The van der Waals surface area contributed by atoms with E-state index in [2.05, 4.69) is 0 Å². The van der Waals surface area contributed by atoms with E-state index in [-0.39, 0.29) is 22.3 Å². The van der Waals surface area contributed by atoms with Crippen LogP contribution >= 0.6 is 0 Å². The maximum atomic E-state index is 13.6. The molecule has 226 valence electrons. The summed E-state index contributed by atoms with van der Waals surface area (Å²) in [6.07, 6.45) is -9.76. The second-order valence-electron chi connectivity index (χ2n) is 9.26.